The second-order valence-electron chi connectivity index (χ2n) is 8.74. The van der Waals surface area contributed by atoms with Gasteiger partial charge in [0.25, 0.3) is 11.8 Å². The minimum absolute atomic E-state index is 0.0194. The van der Waals surface area contributed by atoms with Crippen molar-refractivity contribution in [1.82, 2.24) is 14.8 Å². The maximum Gasteiger partial charge on any atom is 0.416 e. The molecule has 0 aliphatic carbocycles. The summed E-state index contributed by atoms with van der Waals surface area (Å²) in [6.45, 7) is 4.51. The lowest BCUT2D eigenvalue weighted by Crippen LogP contribution is -2.54. The number of rotatable bonds is 3. The first-order valence-corrected chi connectivity index (χ1v) is 12.6. The van der Waals surface area contributed by atoms with E-state index in [9.17, 15) is 22.8 Å². The molecule has 5 rings (SSSR count). The maximum absolute atomic E-state index is 13.2. The molecule has 0 radical (unpaired) electrons. The normalized spacial score (nSPS) is 18.1. The molecule has 2 fully saturated rings. The van der Waals surface area contributed by atoms with E-state index in [0.29, 0.717) is 45.6 Å². The summed E-state index contributed by atoms with van der Waals surface area (Å²) in [5.74, 6) is 0.784. The van der Waals surface area contributed by atoms with Gasteiger partial charge >= 0.3 is 6.18 Å². The molecule has 2 saturated heterocycles. The van der Waals surface area contributed by atoms with Gasteiger partial charge in [-0.1, -0.05) is 6.07 Å². The molecule has 33 heavy (non-hydrogen) atoms. The maximum atomic E-state index is 13.2. The van der Waals surface area contributed by atoms with Crippen molar-refractivity contribution in [3.8, 4) is 0 Å². The number of likely N-dealkylation sites (tertiary alicyclic amines) is 2. The van der Waals surface area contributed by atoms with Crippen LogP contribution in [0.2, 0.25) is 0 Å². The third-order valence-corrected chi connectivity index (χ3v) is 8.63. The average molecular weight is 494 g/mol. The van der Waals surface area contributed by atoms with E-state index in [1.54, 1.807) is 17.8 Å². The van der Waals surface area contributed by atoms with Gasteiger partial charge in [-0.2, -0.15) is 13.2 Å². The zero-order valence-corrected chi connectivity index (χ0v) is 19.5. The van der Waals surface area contributed by atoms with Gasteiger partial charge in [0, 0.05) is 36.3 Å². The van der Waals surface area contributed by atoms with Crippen LogP contribution >= 0.6 is 22.7 Å². The average Bonchev–Trinajstić information content (AvgIpc) is 3.40. The molecule has 4 heterocycles. The molecule has 3 aromatic rings. The Morgan fingerprint density at radius 2 is 1.79 bits per heavy atom. The number of thiophene rings is 1. The van der Waals surface area contributed by atoms with Crippen molar-refractivity contribution < 1.29 is 22.8 Å². The summed E-state index contributed by atoms with van der Waals surface area (Å²) in [6, 6.07) is 3.66. The quantitative estimate of drug-likeness (QED) is 0.497. The number of piperidine rings is 1. The highest BCUT2D eigenvalue weighted by Crippen LogP contribution is 2.38. The smallest absolute Gasteiger partial charge is 0.338 e. The molecule has 2 aromatic heterocycles. The molecule has 0 bridgehead atoms. The van der Waals surface area contributed by atoms with E-state index >= 15 is 0 Å². The molecule has 0 spiro atoms. The predicted octanol–water partition coefficient (Wildman–Crippen LogP) is 5.31. The van der Waals surface area contributed by atoms with Crippen molar-refractivity contribution >= 4 is 44.6 Å². The molecule has 5 nitrogen and oxygen atoms in total. The summed E-state index contributed by atoms with van der Waals surface area (Å²) in [5, 5.41) is 2.46. The largest absolute Gasteiger partial charge is 0.416 e. The Kier molecular flexibility index (Phi) is 5.68. The molecule has 174 valence electrons. The lowest BCUT2D eigenvalue weighted by atomic mass is 9.79. The topological polar surface area (TPSA) is 53.5 Å². The predicted molar refractivity (Wildman–Crippen MR) is 122 cm³/mol. The Morgan fingerprint density at radius 1 is 1.06 bits per heavy atom. The zero-order valence-electron chi connectivity index (χ0n) is 17.9. The van der Waals surface area contributed by atoms with Crippen LogP contribution < -0.4 is 0 Å². The third-order valence-electron chi connectivity index (χ3n) is 6.80. The van der Waals surface area contributed by atoms with Crippen LogP contribution in [0.3, 0.4) is 0 Å². The Hall–Kier alpha value is -2.46. The lowest BCUT2D eigenvalue weighted by Gasteiger charge is -2.45. The fourth-order valence-electron chi connectivity index (χ4n) is 4.78. The first kappa shape index (κ1) is 22.3. The van der Waals surface area contributed by atoms with Gasteiger partial charge in [0.05, 0.1) is 16.0 Å². The minimum atomic E-state index is -4.40. The molecule has 0 unspecified atom stereocenters. The van der Waals surface area contributed by atoms with E-state index in [1.807, 2.05) is 9.80 Å². The van der Waals surface area contributed by atoms with Gasteiger partial charge in [-0.05, 0) is 54.7 Å². The number of fused-ring (bicyclic) bond motifs is 1. The molecule has 2 aliphatic rings. The van der Waals surface area contributed by atoms with E-state index in [2.05, 4.69) is 4.98 Å². The number of amides is 2. The van der Waals surface area contributed by atoms with Gasteiger partial charge in [0.1, 0.15) is 5.69 Å². The Bertz CT molecular complexity index is 1190. The van der Waals surface area contributed by atoms with E-state index in [4.69, 9.17) is 0 Å². The molecular weight excluding hydrogens is 471 g/mol. The number of alkyl halides is 3. The van der Waals surface area contributed by atoms with Gasteiger partial charge in [-0.3, -0.25) is 9.59 Å². The highest BCUT2D eigenvalue weighted by Gasteiger charge is 2.39. The number of hydrogen-bond acceptors (Lipinski definition) is 5. The monoisotopic (exact) mass is 493 g/mol. The molecule has 2 amide bonds. The summed E-state index contributed by atoms with van der Waals surface area (Å²) >= 11 is 2.55. The van der Waals surface area contributed by atoms with Crippen LogP contribution in [0.4, 0.5) is 13.2 Å². The summed E-state index contributed by atoms with van der Waals surface area (Å²) in [7, 11) is 0. The molecule has 2 aliphatic heterocycles. The lowest BCUT2D eigenvalue weighted by molar-refractivity contribution is -0.137. The number of nitrogens with zero attached hydrogens (tertiary/aromatic N) is 3. The summed E-state index contributed by atoms with van der Waals surface area (Å²) in [6.07, 6.45) is -2.66. The van der Waals surface area contributed by atoms with Crippen LogP contribution in [0.1, 0.15) is 44.1 Å². The second kappa shape index (κ2) is 8.39. The van der Waals surface area contributed by atoms with Gasteiger partial charge in [-0.25, -0.2) is 4.98 Å². The van der Waals surface area contributed by atoms with E-state index in [-0.39, 0.29) is 11.8 Å². The summed E-state index contributed by atoms with van der Waals surface area (Å²) in [4.78, 5) is 33.8. The molecular formula is C23H22F3N3O2S2. The number of aromatic nitrogens is 1. The fraction of sp³-hybridized carbons (Fsp3) is 0.435. The number of benzene rings is 1. The fourth-order valence-corrected chi connectivity index (χ4v) is 6.52. The molecule has 0 N–H and O–H groups in total. The van der Waals surface area contributed by atoms with Crippen LogP contribution in [0.25, 0.3) is 10.1 Å². The first-order valence-electron chi connectivity index (χ1n) is 10.8. The number of carbonyl (C=O) groups is 2. The Labute approximate surface area is 196 Å². The first-order chi connectivity index (χ1) is 15.7. The molecule has 0 saturated carbocycles. The SMILES string of the molecule is Cc1c(C(=O)N2CCC(C3CN(C(=O)c4cscn4)C3)CC2)sc2cc(C(F)(F)F)ccc12. The van der Waals surface area contributed by atoms with Crippen molar-refractivity contribution in [2.45, 2.75) is 25.9 Å². The number of carbonyl (C=O) groups excluding carboxylic acids is 2. The Morgan fingerprint density at radius 3 is 2.42 bits per heavy atom. The van der Waals surface area contributed by atoms with Crippen molar-refractivity contribution in [2.24, 2.45) is 11.8 Å². The van der Waals surface area contributed by atoms with E-state index in [1.165, 1.54) is 17.4 Å². The van der Waals surface area contributed by atoms with Gasteiger partial charge in [0.2, 0.25) is 0 Å². The van der Waals surface area contributed by atoms with E-state index < -0.39 is 11.7 Å². The van der Waals surface area contributed by atoms with Crippen LogP contribution in [-0.4, -0.2) is 52.8 Å². The highest BCUT2D eigenvalue weighted by atomic mass is 32.1. The number of hydrogen-bond donors (Lipinski definition) is 0. The van der Waals surface area contributed by atoms with Gasteiger partial charge in [-0.15, -0.1) is 22.7 Å². The van der Waals surface area contributed by atoms with Crippen LogP contribution in [-0.2, 0) is 6.18 Å². The summed E-state index contributed by atoms with van der Waals surface area (Å²) < 4.78 is 39.6. The van der Waals surface area contributed by atoms with Crippen molar-refractivity contribution in [1.29, 1.82) is 0 Å². The van der Waals surface area contributed by atoms with Gasteiger partial charge < -0.3 is 9.80 Å². The number of halogens is 3. The van der Waals surface area contributed by atoms with Crippen LogP contribution in [0.5, 0.6) is 0 Å². The minimum Gasteiger partial charge on any atom is -0.338 e. The molecule has 0 atom stereocenters. The molecule has 10 heteroatoms. The highest BCUT2D eigenvalue weighted by molar-refractivity contribution is 7.21. The number of thiazole rings is 1. The Balaban J connectivity index is 1.20. The molecule has 1 aromatic carbocycles. The third kappa shape index (κ3) is 4.14. The zero-order chi connectivity index (χ0) is 23.3. The van der Waals surface area contributed by atoms with E-state index in [0.717, 1.165) is 55.0 Å². The number of aryl methyl sites for hydroxylation is 1. The van der Waals surface area contributed by atoms with Crippen LogP contribution in [0, 0.1) is 18.8 Å². The van der Waals surface area contributed by atoms with Crippen molar-refractivity contribution in [3.05, 3.63) is 50.8 Å². The second-order valence-corrected chi connectivity index (χ2v) is 10.5. The van der Waals surface area contributed by atoms with Gasteiger partial charge in [0.15, 0.2) is 0 Å². The van der Waals surface area contributed by atoms with Crippen molar-refractivity contribution in [2.75, 3.05) is 26.2 Å². The van der Waals surface area contributed by atoms with Crippen LogP contribution in [0.15, 0.2) is 29.1 Å². The summed E-state index contributed by atoms with van der Waals surface area (Å²) in [5.41, 5.74) is 2.20. The van der Waals surface area contributed by atoms with Crippen molar-refractivity contribution in [3.63, 3.8) is 0 Å². The standard InChI is InChI=1S/C23H22F3N3O2S2/c1-13-17-3-2-16(23(24,25)26)8-19(17)33-20(13)22(31)28-6-4-14(5-7-28)15-9-29(10-15)21(30)18-11-32-12-27-18/h2-3,8,11-12,14-15H,4-7,9-10H2,1H3.